The molecule has 1 rings (SSSR count). The van der Waals surface area contributed by atoms with Crippen molar-refractivity contribution in [3.8, 4) is 0 Å². The van der Waals surface area contributed by atoms with E-state index in [1.54, 1.807) is 0 Å². The summed E-state index contributed by atoms with van der Waals surface area (Å²) in [6.45, 7) is 2.45. The van der Waals surface area contributed by atoms with Crippen LogP contribution in [-0.2, 0) is 9.53 Å². The van der Waals surface area contributed by atoms with Crippen molar-refractivity contribution >= 4 is 43.5 Å². The molecule has 0 unspecified atom stereocenters. The van der Waals surface area contributed by atoms with Gasteiger partial charge in [0.2, 0.25) is 5.91 Å². The van der Waals surface area contributed by atoms with Gasteiger partial charge in [0.1, 0.15) is 6.61 Å². The quantitative estimate of drug-likeness (QED) is 0.917. The van der Waals surface area contributed by atoms with Crippen molar-refractivity contribution in [2.24, 2.45) is 0 Å². The molecule has 5 heteroatoms. The Morgan fingerprint density at radius 2 is 2.00 bits per heavy atom. The summed E-state index contributed by atoms with van der Waals surface area (Å²) in [6, 6.07) is 5.61. The number of nitrogens with one attached hydrogen (secondary N) is 1. The van der Waals surface area contributed by atoms with Crippen LogP contribution >= 0.6 is 31.9 Å². The highest BCUT2D eigenvalue weighted by Crippen LogP contribution is 2.30. The van der Waals surface area contributed by atoms with Crippen LogP contribution in [0.5, 0.6) is 0 Å². The van der Waals surface area contributed by atoms with Crippen LogP contribution in [-0.4, -0.2) is 19.1 Å². The smallest absolute Gasteiger partial charge is 0.250 e. The first kappa shape index (κ1) is 12.7. The summed E-state index contributed by atoms with van der Waals surface area (Å²) in [4.78, 5) is 11.4. The lowest BCUT2D eigenvalue weighted by molar-refractivity contribution is -0.120. The normalized spacial score (nSPS) is 10.1. The lowest BCUT2D eigenvalue weighted by Gasteiger charge is -2.09. The highest BCUT2D eigenvalue weighted by atomic mass is 79.9. The number of anilines is 1. The summed E-state index contributed by atoms with van der Waals surface area (Å²) in [5.41, 5.74) is 0.724. The SMILES string of the molecule is CCOCC(=O)Nc1c(Br)cccc1Br. The van der Waals surface area contributed by atoms with Gasteiger partial charge in [0, 0.05) is 15.6 Å². The third-order valence-electron chi connectivity index (χ3n) is 1.66. The first-order valence-corrected chi connectivity index (χ1v) is 6.05. The molecule has 0 fully saturated rings. The van der Waals surface area contributed by atoms with Crippen molar-refractivity contribution in [1.82, 2.24) is 0 Å². The Morgan fingerprint density at radius 3 is 2.53 bits per heavy atom. The summed E-state index contributed by atoms with van der Waals surface area (Å²) in [5, 5.41) is 2.76. The molecule has 1 N–H and O–H groups in total. The van der Waals surface area contributed by atoms with Gasteiger partial charge in [0.25, 0.3) is 0 Å². The molecule has 1 amide bonds. The van der Waals surface area contributed by atoms with E-state index < -0.39 is 0 Å². The van der Waals surface area contributed by atoms with Gasteiger partial charge in [0.05, 0.1) is 5.69 Å². The fraction of sp³-hybridized carbons (Fsp3) is 0.300. The van der Waals surface area contributed by atoms with E-state index >= 15 is 0 Å². The number of para-hydroxylation sites is 1. The van der Waals surface area contributed by atoms with E-state index in [2.05, 4.69) is 37.2 Å². The van der Waals surface area contributed by atoms with Gasteiger partial charge < -0.3 is 10.1 Å². The van der Waals surface area contributed by atoms with Crippen LogP contribution < -0.4 is 5.32 Å². The maximum Gasteiger partial charge on any atom is 0.250 e. The molecule has 0 heterocycles. The van der Waals surface area contributed by atoms with E-state index in [4.69, 9.17) is 4.74 Å². The lowest BCUT2D eigenvalue weighted by atomic mass is 10.3. The lowest BCUT2D eigenvalue weighted by Crippen LogP contribution is -2.18. The fourth-order valence-electron chi connectivity index (χ4n) is 0.987. The first-order chi connectivity index (χ1) is 7.15. The number of rotatable bonds is 4. The Labute approximate surface area is 105 Å². The number of hydrogen-bond donors (Lipinski definition) is 1. The minimum absolute atomic E-state index is 0.0737. The molecule has 0 bridgehead atoms. The highest BCUT2D eigenvalue weighted by Gasteiger charge is 2.08. The molecule has 1 aromatic rings. The van der Waals surface area contributed by atoms with E-state index in [-0.39, 0.29) is 12.5 Å². The minimum Gasteiger partial charge on any atom is -0.372 e. The second-order valence-corrected chi connectivity index (χ2v) is 4.49. The van der Waals surface area contributed by atoms with E-state index in [1.807, 2.05) is 25.1 Å². The van der Waals surface area contributed by atoms with Gasteiger partial charge in [-0.1, -0.05) is 6.07 Å². The molecule has 0 aliphatic heterocycles. The van der Waals surface area contributed by atoms with Crippen molar-refractivity contribution in [3.05, 3.63) is 27.1 Å². The van der Waals surface area contributed by atoms with Crippen LogP contribution in [0.4, 0.5) is 5.69 Å². The van der Waals surface area contributed by atoms with E-state index in [0.29, 0.717) is 6.61 Å². The van der Waals surface area contributed by atoms with Gasteiger partial charge in [0.15, 0.2) is 0 Å². The molecule has 0 atom stereocenters. The van der Waals surface area contributed by atoms with Crippen molar-refractivity contribution in [1.29, 1.82) is 0 Å². The second kappa shape index (κ2) is 6.25. The Hall–Kier alpha value is -0.390. The van der Waals surface area contributed by atoms with Gasteiger partial charge in [-0.25, -0.2) is 0 Å². The predicted octanol–water partition coefficient (Wildman–Crippen LogP) is 3.19. The van der Waals surface area contributed by atoms with Crippen molar-refractivity contribution in [2.75, 3.05) is 18.5 Å². The zero-order valence-corrected chi connectivity index (χ0v) is 11.4. The van der Waals surface area contributed by atoms with Crippen LogP contribution in [0.15, 0.2) is 27.1 Å². The summed E-state index contributed by atoms with van der Waals surface area (Å²) in [7, 11) is 0. The summed E-state index contributed by atoms with van der Waals surface area (Å²) in [5.74, 6) is -0.163. The molecule has 15 heavy (non-hydrogen) atoms. The average molecular weight is 337 g/mol. The Balaban J connectivity index is 2.68. The fourth-order valence-corrected chi connectivity index (χ4v) is 2.18. The van der Waals surface area contributed by atoms with E-state index in [1.165, 1.54) is 0 Å². The Kier molecular flexibility index (Phi) is 5.28. The highest BCUT2D eigenvalue weighted by molar-refractivity contribution is 9.11. The molecular formula is C10H11Br2NO2. The minimum atomic E-state index is -0.163. The molecule has 82 valence electrons. The zero-order valence-electron chi connectivity index (χ0n) is 8.22. The molecule has 0 saturated carbocycles. The maximum absolute atomic E-state index is 11.4. The number of amides is 1. The molecule has 0 aromatic heterocycles. The monoisotopic (exact) mass is 335 g/mol. The first-order valence-electron chi connectivity index (χ1n) is 4.46. The van der Waals surface area contributed by atoms with Crippen molar-refractivity contribution < 1.29 is 9.53 Å². The summed E-state index contributed by atoms with van der Waals surface area (Å²) < 4.78 is 6.67. The summed E-state index contributed by atoms with van der Waals surface area (Å²) >= 11 is 6.72. The molecule has 3 nitrogen and oxygen atoms in total. The average Bonchev–Trinajstić information content (AvgIpc) is 2.21. The molecule has 0 radical (unpaired) electrons. The second-order valence-electron chi connectivity index (χ2n) is 2.78. The zero-order chi connectivity index (χ0) is 11.3. The third kappa shape index (κ3) is 3.93. The van der Waals surface area contributed by atoms with Crippen LogP contribution in [0.1, 0.15) is 6.92 Å². The largest absolute Gasteiger partial charge is 0.372 e. The molecule has 0 aliphatic carbocycles. The van der Waals surface area contributed by atoms with Crippen LogP contribution in [0, 0.1) is 0 Å². The number of ether oxygens (including phenoxy) is 1. The summed E-state index contributed by atoms with van der Waals surface area (Å²) in [6.07, 6.45) is 0. The van der Waals surface area contributed by atoms with E-state index in [0.717, 1.165) is 14.6 Å². The van der Waals surface area contributed by atoms with Crippen LogP contribution in [0.3, 0.4) is 0 Å². The van der Waals surface area contributed by atoms with Gasteiger partial charge in [-0.3, -0.25) is 4.79 Å². The third-order valence-corrected chi connectivity index (χ3v) is 2.99. The number of carbonyl (C=O) groups is 1. The number of benzene rings is 1. The Bertz CT molecular complexity index is 335. The van der Waals surface area contributed by atoms with Crippen molar-refractivity contribution in [2.45, 2.75) is 6.92 Å². The topological polar surface area (TPSA) is 38.3 Å². The van der Waals surface area contributed by atoms with Crippen LogP contribution in [0.25, 0.3) is 0 Å². The molecule has 0 spiro atoms. The van der Waals surface area contributed by atoms with E-state index in [9.17, 15) is 4.79 Å². The number of hydrogen-bond acceptors (Lipinski definition) is 2. The number of halogens is 2. The van der Waals surface area contributed by atoms with Gasteiger partial charge >= 0.3 is 0 Å². The molecule has 1 aromatic carbocycles. The predicted molar refractivity (Wildman–Crippen MR) is 67.0 cm³/mol. The van der Waals surface area contributed by atoms with Crippen LogP contribution in [0.2, 0.25) is 0 Å². The molecule has 0 aliphatic rings. The molecule has 0 saturated heterocycles. The van der Waals surface area contributed by atoms with Gasteiger partial charge in [-0.15, -0.1) is 0 Å². The maximum atomic E-state index is 11.4. The van der Waals surface area contributed by atoms with Crippen molar-refractivity contribution in [3.63, 3.8) is 0 Å². The van der Waals surface area contributed by atoms with Gasteiger partial charge in [-0.2, -0.15) is 0 Å². The molecular weight excluding hydrogens is 326 g/mol. The Morgan fingerprint density at radius 1 is 1.40 bits per heavy atom. The number of carbonyl (C=O) groups excluding carboxylic acids is 1. The van der Waals surface area contributed by atoms with Gasteiger partial charge in [-0.05, 0) is 50.9 Å². The standard InChI is InChI=1S/C10H11Br2NO2/c1-2-15-6-9(14)13-10-7(11)4-3-5-8(10)12/h3-5H,2,6H2,1H3,(H,13,14).